The Morgan fingerprint density at radius 1 is 0.930 bits per heavy atom. The van der Waals surface area contributed by atoms with Crippen molar-refractivity contribution in [3.05, 3.63) is 64.7 Å². The number of unbranched alkanes of at least 4 members (excludes halogenated alkanes) is 3. The topological polar surface area (TPSA) is 166 Å². The highest BCUT2D eigenvalue weighted by Crippen LogP contribution is 2.32. The van der Waals surface area contributed by atoms with E-state index in [4.69, 9.17) is 0 Å². The lowest BCUT2D eigenvalue weighted by Gasteiger charge is -2.27. The number of carbonyl (C=O) groups is 6. The number of piperidine rings is 1. The number of nitrogens with one attached hydrogen (secondary N) is 5. The second kappa shape index (κ2) is 15.1. The Kier molecular flexibility index (Phi) is 11.0. The number of amides is 6. The Morgan fingerprint density at radius 2 is 1.72 bits per heavy atom. The number of rotatable bonds is 15. The van der Waals surface area contributed by atoms with E-state index >= 15 is 0 Å². The van der Waals surface area contributed by atoms with E-state index < -0.39 is 29.7 Å². The van der Waals surface area contributed by atoms with Crippen molar-refractivity contribution >= 4 is 41.1 Å². The molecule has 0 bridgehead atoms. The summed E-state index contributed by atoms with van der Waals surface area (Å²) < 4.78 is 0. The molecule has 0 radical (unpaired) electrons. The van der Waals surface area contributed by atoms with E-state index in [1.54, 1.807) is 36.4 Å². The van der Waals surface area contributed by atoms with Crippen LogP contribution in [0.15, 0.2) is 42.5 Å². The van der Waals surface area contributed by atoms with Crippen LogP contribution in [0, 0.1) is 0 Å². The van der Waals surface area contributed by atoms with Gasteiger partial charge >= 0.3 is 0 Å². The van der Waals surface area contributed by atoms with Gasteiger partial charge in [-0.25, -0.2) is 5.43 Å². The zero-order valence-electron chi connectivity index (χ0n) is 24.3. The second-order valence-electron chi connectivity index (χ2n) is 10.6. The molecule has 1 fully saturated rings. The summed E-state index contributed by atoms with van der Waals surface area (Å²) in [7, 11) is 0. The van der Waals surface area contributed by atoms with Crippen molar-refractivity contribution in [2.75, 3.05) is 18.4 Å². The Hall–Kier alpha value is -4.58. The first-order chi connectivity index (χ1) is 20.8. The van der Waals surface area contributed by atoms with Gasteiger partial charge in [0.2, 0.25) is 17.7 Å². The van der Waals surface area contributed by atoms with Gasteiger partial charge in [0.15, 0.2) is 0 Å². The highest BCUT2D eigenvalue weighted by molar-refractivity contribution is 6.25. The van der Waals surface area contributed by atoms with Crippen LogP contribution in [0.25, 0.3) is 0 Å². The maximum atomic E-state index is 13.2. The van der Waals surface area contributed by atoms with E-state index in [0.29, 0.717) is 30.8 Å². The molecular weight excluding hydrogens is 552 g/mol. The zero-order chi connectivity index (χ0) is 30.8. The Morgan fingerprint density at radius 3 is 2.47 bits per heavy atom. The summed E-state index contributed by atoms with van der Waals surface area (Å²) >= 11 is 0. The lowest BCUT2D eigenvalue weighted by atomic mass is 10.0. The predicted octanol–water partition coefficient (Wildman–Crippen LogP) is 2.41. The number of imide groups is 2. The summed E-state index contributed by atoms with van der Waals surface area (Å²) in [5.74, 6) is -2.60. The van der Waals surface area contributed by atoms with E-state index in [9.17, 15) is 28.8 Å². The van der Waals surface area contributed by atoms with E-state index in [1.807, 2.05) is 0 Å². The van der Waals surface area contributed by atoms with Gasteiger partial charge in [-0.2, -0.15) is 0 Å². The number of hydrogen-bond acceptors (Lipinski definition) is 8. The zero-order valence-corrected chi connectivity index (χ0v) is 24.3. The Balaban J connectivity index is 1.19. The largest absolute Gasteiger partial charge is 0.384 e. The van der Waals surface area contributed by atoms with Crippen molar-refractivity contribution in [2.45, 2.75) is 70.9 Å². The molecule has 12 heteroatoms. The van der Waals surface area contributed by atoms with Crippen LogP contribution in [-0.4, -0.2) is 59.5 Å². The molecular formula is C31H38N6O6. The quantitative estimate of drug-likeness (QED) is 0.120. The van der Waals surface area contributed by atoms with Crippen molar-refractivity contribution in [3.63, 3.8) is 0 Å². The van der Waals surface area contributed by atoms with Crippen LogP contribution in [0.1, 0.15) is 94.9 Å². The smallest absolute Gasteiger partial charge is 0.265 e. The first-order valence-electron chi connectivity index (χ1n) is 14.8. The molecule has 0 aliphatic carbocycles. The molecule has 2 aromatic rings. The SMILES string of the molecule is CCCCCCNNC(=O)c1ccc(CNC(=O)CCCNc2cccc3c2C(=O)N(C2CCC(=O)NC2=O)C3=O)cc1. The van der Waals surface area contributed by atoms with E-state index in [0.717, 1.165) is 36.3 Å². The van der Waals surface area contributed by atoms with Crippen LogP contribution in [0.3, 0.4) is 0 Å². The third-order valence-corrected chi connectivity index (χ3v) is 7.43. The summed E-state index contributed by atoms with van der Waals surface area (Å²) in [5.41, 5.74) is 7.85. The van der Waals surface area contributed by atoms with Crippen LogP contribution in [0.5, 0.6) is 0 Å². The van der Waals surface area contributed by atoms with Gasteiger partial charge in [0.25, 0.3) is 17.7 Å². The summed E-state index contributed by atoms with van der Waals surface area (Å²) in [6.45, 7) is 3.57. The van der Waals surface area contributed by atoms with Crippen molar-refractivity contribution in [1.82, 2.24) is 26.4 Å². The summed E-state index contributed by atoms with van der Waals surface area (Å²) in [5, 5.41) is 8.18. The highest BCUT2D eigenvalue weighted by Gasteiger charge is 2.45. The number of nitrogens with zero attached hydrogens (tertiary/aromatic N) is 1. The maximum absolute atomic E-state index is 13.2. The fraction of sp³-hybridized carbons (Fsp3) is 0.419. The van der Waals surface area contributed by atoms with Gasteiger partial charge in [0.1, 0.15) is 6.04 Å². The molecule has 0 saturated carbocycles. The third kappa shape index (κ3) is 8.04. The average molecular weight is 591 g/mol. The van der Waals surface area contributed by atoms with Gasteiger partial charge in [-0.1, -0.05) is 44.4 Å². The Labute approximate surface area is 250 Å². The van der Waals surface area contributed by atoms with Gasteiger partial charge in [-0.15, -0.1) is 0 Å². The van der Waals surface area contributed by atoms with Crippen molar-refractivity contribution in [2.24, 2.45) is 0 Å². The predicted molar refractivity (Wildman–Crippen MR) is 159 cm³/mol. The Bertz CT molecular complexity index is 1380. The molecule has 1 atom stereocenters. The maximum Gasteiger partial charge on any atom is 0.265 e. The number of fused-ring (bicyclic) bond motifs is 1. The van der Waals surface area contributed by atoms with Crippen LogP contribution in [0.2, 0.25) is 0 Å². The van der Waals surface area contributed by atoms with Crippen molar-refractivity contribution in [3.8, 4) is 0 Å². The molecule has 2 aliphatic rings. The summed E-state index contributed by atoms with van der Waals surface area (Å²) in [6, 6.07) is 10.8. The van der Waals surface area contributed by atoms with Crippen LogP contribution in [-0.2, 0) is 20.9 Å². The van der Waals surface area contributed by atoms with Crippen LogP contribution in [0.4, 0.5) is 5.69 Å². The average Bonchev–Trinajstić information content (AvgIpc) is 3.26. The molecule has 2 aliphatic heterocycles. The van der Waals surface area contributed by atoms with E-state index in [-0.39, 0.29) is 42.2 Å². The van der Waals surface area contributed by atoms with E-state index in [1.165, 1.54) is 12.5 Å². The lowest BCUT2D eigenvalue weighted by molar-refractivity contribution is -0.136. The van der Waals surface area contributed by atoms with Gasteiger partial charge < -0.3 is 10.6 Å². The monoisotopic (exact) mass is 590 g/mol. The van der Waals surface area contributed by atoms with Gasteiger partial charge in [-0.3, -0.25) is 44.4 Å². The van der Waals surface area contributed by atoms with Crippen molar-refractivity contribution in [1.29, 1.82) is 0 Å². The number of carbonyl (C=O) groups excluding carboxylic acids is 6. The molecule has 2 heterocycles. The van der Waals surface area contributed by atoms with Gasteiger partial charge in [-0.05, 0) is 49.1 Å². The minimum atomic E-state index is -1.03. The standard InChI is InChI=1S/C31H38N6O6/c1-2-3-4-5-18-34-36-28(40)21-13-11-20(12-14-21)19-33-25(38)10-7-17-32-23-9-6-8-22-27(23)31(43)37(30(22)42)24-15-16-26(39)35-29(24)41/h6,8-9,11-14,24,32,34H,2-5,7,10,15-19H2,1H3,(H,33,38)(H,36,40)(H,35,39,41). The summed E-state index contributed by atoms with van der Waals surface area (Å²) in [4.78, 5) is 75.5. The third-order valence-electron chi connectivity index (χ3n) is 7.43. The van der Waals surface area contributed by atoms with Crippen LogP contribution < -0.4 is 26.8 Å². The fourth-order valence-electron chi connectivity index (χ4n) is 5.05. The number of anilines is 1. The first-order valence-corrected chi connectivity index (χ1v) is 14.8. The molecule has 12 nitrogen and oxygen atoms in total. The lowest BCUT2D eigenvalue weighted by Crippen LogP contribution is -2.54. The first kappa shape index (κ1) is 31.4. The fourth-order valence-corrected chi connectivity index (χ4v) is 5.05. The van der Waals surface area contributed by atoms with Crippen molar-refractivity contribution < 1.29 is 28.8 Å². The minimum Gasteiger partial charge on any atom is -0.384 e. The molecule has 2 aromatic carbocycles. The highest BCUT2D eigenvalue weighted by atomic mass is 16.2. The number of hydrazine groups is 1. The molecule has 1 unspecified atom stereocenters. The molecule has 1 saturated heterocycles. The normalized spacial score (nSPS) is 16.1. The minimum absolute atomic E-state index is 0.0521. The molecule has 4 rings (SSSR count). The van der Waals surface area contributed by atoms with E-state index in [2.05, 4.69) is 33.7 Å². The second-order valence-corrected chi connectivity index (χ2v) is 10.6. The molecule has 0 aromatic heterocycles. The van der Waals surface area contributed by atoms with Gasteiger partial charge in [0, 0.05) is 43.7 Å². The van der Waals surface area contributed by atoms with Crippen LogP contribution >= 0.6 is 0 Å². The summed E-state index contributed by atoms with van der Waals surface area (Å²) in [6.07, 6.45) is 5.32. The molecule has 43 heavy (non-hydrogen) atoms. The number of hydrogen-bond donors (Lipinski definition) is 5. The molecule has 6 amide bonds. The number of benzene rings is 2. The van der Waals surface area contributed by atoms with Gasteiger partial charge in [0.05, 0.1) is 11.1 Å². The molecule has 5 N–H and O–H groups in total. The molecule has 0 spiro atoms. The molecule has 228 valence electrons.